The molecule has 1 N–H and O–H groups in total. The first-order chi connectivity index (χ1) is 10.5. The minimum atomic E-state index is -1.51. The highest BCUT2D eigenvalue weighted by Crippen LogP contribution is 2.29. The molecule has 0 fully saturated rings. The molecule has 0 heterocycles. The highest BCUT2D eigenvalue weighted by molar-refractivity contribution is 6.78. The Morgan fingerprint density at radius 3 is 2.09 bits per heavy atom. The summed E-state index contributed by atoms with van der Waals surface area (Å²) >= 11 is 0. The second-order valence-electron chi connectivity index (χ2n) is 6.53. The van der Waals surface area contributed by atoms with Gasteiger partial charge in [0.2, 0.25) is 0 Å². The van der Waals surface area contributed by atoms with Crippen molar-refractivity contribution < 1.29 is 9.84 Å². The van der Waals surface area contributed by atoms with Crippen LogP contribution in [-0.4, -0.2) is 13.2 Å². The highest BCUT2D eigenvalue weighted by Gasteiger charge is 2.27. The van der Waals surface area contributed by atoms with Crippen LogP contribution in [0.3, 0.4) is 0 Å². The lowest BCUT2D eigenvalue weighted by Crippen LogP contribution is -2.30. The van der Waals surface area contributed by atoms with Crippen molar-refractivity contribution in [2.45, 2.75) is 31.8 Å². The maximum atomic E-state index is 10.2. The molecule has 0 aliphatic heterocycles. The number of allylic oxidation sites excluding steroid dienone is 1. The molecule has 2 aromatic rings. The Morgan fingerprint density at radius 1 is 1.00 bits per heavy atom. The maximum Gasteiger partial charge on any atom is 0.273 e. The van der Waals surface area contributed by atoms with Gasteiger partial charge >= 0.3 is 0 Å². The Kier molecular flexibility index (Phi) is 5.44. The van der Waals surface area contributed by atoms with Crippen molar-refractivity contribution in [2.75, 3.05) is 0 Å². The number of aliphatic hydroxyl groups excluding tert-OH is 1. The molecular weight excluding hydrogens is 288 g/mol. The highest BCUT2D eigenvalue weighted by atomic mass is 28.3. The molecule has 116 valence electrons. The average molecular weight is 312 g/mol. The first-order valence-corrected chi connectivity index (χ1v) is 11.2. The van der Waals surface area contributed by atoms with Crippen LogP contribution < -0.4 is 0 Å². The molecule has 2 aromatic carbocycles. The third kappa shape index (κ3) is 4.78. The lowest BCUT2D eigenvalue weighted by molar-refractivity contribution is 0.0814. The van der Waals surface area contributed by atoms with Crippen molar-refractivity contribution >= 4 is 8.07 Å². The van der Waals surface area contributed by atoms with Crippen molar-refractivity contribution in [3.8, 4) is 0 Å². The van der Waals surface area contributed by atoms with E-state index in [4.69, 9.17) is 4.74 Å². The molecule has 1 unspecified atom stereocenters. The molecule has 0 radical (unpaired) electrons. The van der Waals surface area contributed by atoms with E-state index in [1.165, 1.54) is 5.56 Å². The molecule has 0 amide bonds. The van der Waals surface area contributed by atoms with Gasteiger partial charge in [-0.25, -0.2) is 0 Å². The molecule has 0 bridgehead atoms. The van der Waals surface area contributed by atoms with Crippen LogP contribution in [-0.2, 0) is 11.3 Å². The zero-order chi connectivity index (χ0) is 16.0. The Balaban J connectivity index is 2.12. The monoisotopic (exact) mass is 312 g/mol. The number of benzene rings is 2. The van der Waals surface area contributed by atoms with Crippen LogP contribution in [0.4, 0.5) is 0 Å². The van der Waals surface area contributed by atoms with E-state index in [1.807, 2.05) is 54.6 Å². The SMILES string of the molecule is C[Si](C)(C)C(/C=C(/O)OCc1ccccc1)c1ccccc1. The molecule has 2 rings (SSSR count). The molecule has 0 aliphatic carbocycles. The van der Waals surface area contributed by atoms with E-state index < -0.39 is 8.07 Å². The van der Waals surface area contributed by atoms with E-state index in [0.717, 1.165) is 5.56 Å². The second-order valence-corrected chi connectivity index (χ2v) is 11.9. The number of aliphatic hydroxyl groups is 1. The summed E-state index contributed by atoms with van der Waals surface area (Å²) in [5.74, 6) is 0.0140. The summed E-state index contributed by atoms with van der Waals surface area (Å²) in [5, 5.41) is 10.2. The summed E-state index contributed by atoms with van der Waals surface area (Å²) in [5.41, 5.74) is 2.51. The molecule has 1 atom stereocenters. The smallest absolute Gasteiger partial charge is 0.273 e. The maximum absolute atomic E-state index is 10.2. The molecule has 0 aromatic heterocycles. The third-order valence-electron chi connectivity index (χ3n) is 3.63. The Hall–Kier alpha value is -2.00. The number of hydrogen-bond donors (Lipinski definition) is 1. The largest absolute Gasteiger partial charge is 0.481 e. The summed E-state index contributed by atoms with van der Waals surface area (Å²) in [4.78, 5) is 0. The summed E-state index contributed by atoms with van der Waals surface area (Å²) < 4.78 is 5.51. The summed E-state index contributed by atoms with van der Waals surface area (Å²) in [7, 11) is -1.51. The summed E-state index contributed by atoms with van der Waals surface area (Å²) in [6.07, 6.45) is 1.87. The van der Waals surface area contributed by atoms with Crippen molar-refractivity contribution in [3.05, 3.63) is 83.8 Å². The van der Waals surface area contributed by atoms with Crippen molar-refractivity contribution in [1.29, 1.82) is 0 Å². The average Bonchev–Trinajstić information content (AvgIpc) is 2.51. The van der Waals surface area contributed by atoms with Gasteiger partial charge in [-0.15, -0.1) is 0 Å². The zero-order valence-electron chi connectivity index (χ0n) is 13.5. The first-order valence-electron chi connectivity index (χ1n) is 7.59. The molecule has 0 saturated heterocycles. The van der Waals surface area contributed by atoms with E-state index in [9.17, 15) is 5.11 Å². The molecular formula is C19H24O2Si. The topological polar surface area (TPSA) is 29.5 Å². The molecule has 22 heavy (non-hydrogen) atoms. The van der Waals surface area contributed by atoms with Crippen molar-refractivity contribution in [3.63, 3.8) is 0 Å². The first kappa shape index (κ1) is 16.4. The van der Waals surface area contributed by atoms with Gasteiger partial charge in [-0.1, -0.05) is 80.3 Å². The van der Waals surface area contributed by atoms with Crippen LogP contribution in [0.25, 0.3) is 0 Å². The van der Waals surface area contributed by atoms with Gasteiger partial charge in [0.1, 0.15) is 6.61 Å². The van der Waals surface area contributed by atoms with Gasteiger partial charge < -0.3 is 9.84 Å². The summed E-state index contributed by atoms with van der Waals surface area (Å²) in [6, 6.07) is 20.2. The fourth-order valence-corrected chi connectivity index (χ4v) is 4.26. The number of hydrogen-bond acceptors (Lipinski definition) is 2. The Bertz CT molecular complexity index is 600. The minimum absolute atomic E-state index is 0.0140. The Labute approximate surface area is 134 Å². The lowest BCUT2D eigenvalue weighted by Gasteiger charge is -2.26. The van der Waals surface area contributed by atoms with Gasteiger partial charge in [0, 0.05) is 11.6 Å². The van der Waals surface area contributed by atoms with E-state index in [1.54, 1.807) is 0 Å². The second kappa shape index (κ2) is 7.32. The quantitative estimate of drug-likeness (QED) is 0.582. The molecule has 0 spiro atoms. The van der Waals surface area contributed by atoms with Crippen LogP contribution in [0.2, 0.25) is 19.6 Å². The van der Waals surface area contributed by atoms with Gasteiger partial charge in [-0.3, -0.25) is 0 Å². The minimum Gasteiger partial charge on any atom is -0.481 e. The van der Waals surface area contributed by atoms with E-state index in [0.29, 0.717) is 6.61 Å². The van der Waals surface area contributed by atoms with Gasteiger partial charge in [0.15, 0.2) is 0 Å². The van der Waals surface area contributed by atoms with Gasteiger partial charge in [-0.2, -0.15) is 0 Å². The van der Waals surface area contributed by atoms with Crippen LogP contribution in [0.15, 0.2) is 72.7 Å². The fraction of sp³-hybridized carbons (Fsp3) is 0.263. The predicted molar refractivity (Wildman–Crippen MR) is 94.5 cm³/mol. The lowest BCUT2D eigenvalue weighted by atomic mass is 10.1. The predicted octanol–water partition coefficient (Wildman–Crippen LogP) is 5.26. The van der Waals surface area contributed by atoms with E-state index in [2.05, 4.69) is 31.8 Å². The molecule has 3 heteroatoms. The number of ether oxygens (including phenoxy) is 1. The molecule has 0 saturated carbocycles. The Morgan fingerprint density at radius 2 is 1.55 bits per heavy atom. The zero-order valence-corrected chi connectivity index (χ0v) is 14.5. The molecule has 0 aliphatic rings. The van der Waals surface area contributed by atoms with Crippen molar-refractivity contribution in [2.24, 2.45) is 0 Å². The van der Waals surface area contributed by atoms with Gasteiger partial charge in [-0.05, 0) is 11.1 Å². The normalized spacial score (nSPS) is 13.7. The van der Waals surface area contributed by atoms with Gasteiger partial charge in [0.05, 0.1) is 8.07 Å². The molecule has 2 nitrogen and oxygen atoms in total. The fourth-order valence-electron chi connectivity index (χ4n) is 2.43. The number of rotatable bonds is 6. The van der Waals surface area contributed by atoms with Crippen LogP contribution >= 0.6 is 0 Å². The van der Waals surface area contributed by atoms with Crippen LogP contribution in [0.5, 0.6) is 0 Å². The van der Waals surface area contributed by atoms with Gasteiger partial charge in [0.25, 0.3) is 5.95 Å². The standard InChI is InChI=1S/C19H24O2Si/c1-22(2,3)18(17-12-8-5-9-13-17)14-19(20)21-15-16-10-6-4-7-11-16/h4-14,18,20H,15H2,1-3H3/b19-14-. The van der Waals surface area contributed by atoms with Crippen LogP contribution in [0.1, 0.15) is 16.7 Å². The summed E-state index contributed by atoms with van der Waals surface area (Å²) in [6.45, 7) is 7.28. The van der Waals surface area contributed by atoms with E-state index in [-0.39, 0.29) is 11.5 Å². The third-order valence-corrected chi connectivity index (χ3v) is 6.00. The van der Waals surface area contributed by atoms with Crippen molar-refractivity contribution in [1.82, 2.24) is 0 Å². The van der Waals surface area contributed by atoms with E-state index >= 15 is 0 Å². The van der Waals surface area contributed by atoms with Crippen LogP contribution in [0, 0.1) is 0 Å².